The number of nitrogens with zero attached hydrogens (tertiary/aromatic N) is 3. The number of nitrogens with two attached hydrogens (primary N) is 1. The lowest BCUT2D eigenvalue weighted by Crippen LogP contribution is -2.27. The first-order chi connectivity index (χ1) is 14.4. The average molecular weight is 454 g/mol. The van der Waals surface area contributed by atoms with Crippen LogP contribution in [0.5, 0.6) is 5.75 Å². The molecule has 3 rings (SSSR count). The van der Waals surface area contributed by atoms with Crippen LogP contribution in [0.3, 0.4) is 0 Å². The minimum absolute atomic E-state index is 0.0937. The zero-order valence-electron chi connectivity index (χ0n) is 15.6. The van der Waals surface area contributed by atoms with Gasteiger partial charge in [-0.05, 0) is 36.2 Å². The lowest BCUT2D eigenvalue weighted by atomic mass is 10.1. The van der Waals surface area contributed by atoms with E-state index in [1.54, 1.807) is 30.3 Å². The van der Waals surface area contributed by atoms with E-state index in [-0.39, 0.29) is 17.4 Å². The first-order valence-corrected chi connectivity index (χ1v) is 10.2. The van der Waals surface area contributed by atoms with Crippen LogP contribution >= 0.6 is 23.4 Å². The van der Waals surface area contributed by atoms with E-state index in [9.17, 15) is 13.6 Å². The zero-order valence-corrected chi connectivity index (χ0v) is 17.2. The van der Waals surface area contributed by atoms with Crippen molar-refractivity contribution >= 4 is 29.3 Å². The quantitative estimate of drug-likeness (QED) is 0.381. The number of amides is 1. The Morgan fingerprint density at radius 1 is 1.20 bits per heavy atom. The number of ether oxygens (including phenoxy) is 1. The van der Waals surface area contributed by atoms with E-state index in [1.807, 2.05) is 6.07 Å². The number of aromatic nitrogens is 3. The Labute approximate surface area is 180 Å². The smallest absolute Gasteiger partial charge is 0.387 e. The molecule has 30 heavy (non-hydrogen) atoms. The van der Waals surface area contributed by atoms with Crippen LogP contribution in [-0.2, 0) is 11.2 Å². The molecule has 0 bridgehead atoms. The second-order valence-electron chi connectivity index (χ2n) is 6.07. The molecule has 0 aliphatic heterocycles. The van der Waals surface area contributed by atoms with Crippen LogP contribution in [0.25, 0.3) is 11.4 Å². The van der Waals surface area contributed by atoms with E-state index in [4.69, 9.17) is 17.4 Å². The Kier molecular flexibility index (Phi) is 7.47. The van der Waals surface area contributed by atoms with Gasteiger partial charge < -0.3 is 15.9 Å². The Hall–Kier alpha value is -2.85. The summed E-state index contributed by atoms with van der Waals surface area (Å²) < 4.78 is 29.9. The molecule has 0 spiro atoms. The molecule has 0 aliphatic carbocycles. The fourth-order valence-corrected chi connectivity index (χ4v) is 3.47. The Bertz CT molecular complexity index is 1000. The summed E-state index contributed by atoms with van der Waals surface area (Å²) in [7, 11) is 0. The summed E-state index contributed by atoms with van der Waals surface area (Å²) >= 11 is 7.31. The fraction of sp³-hybridized carbons (Fsp3) is 0.211. The van der Waals surface area contributed by atoms with Crippen molar-refractivity contribution in [1.82, 2.24) is 20.2 Å². The number of benzene rings is 2. The maximum atomic E-state index is 12.1. The van der Waals surface area contributed by atoms with E-state index < -0.39 is 6.61 Å². The zero-order chi connectivity index (χ0) is 21.5. The van der Waals surface area contributed by atoms with Crippen molar-refractivity contribution in [2.45, 2.75) is 18.2 Å². The van der Waals surface area contributed by atoms with Crippen molar-refractivity contribution in [3.8, 4) is 17.1 Å². The van der Waals surface area contributed by atoms with E-state index >= 15 is 0 Å². The SMILES string of the molecule is Nn1c(SCC(=O)NCCc2ccc(OC(F)F)cc2)nnc1-c1ccccc1Cl. The van der Waals surface area contributed by atoms with Crippen LogP contribution in [0.4, 0.5) is 8.78 Å². The summed E-state index contributed by atoms with van der Waals surface area (Å²) in [4.78, 5) is 12.1. The maximum absolute atomic E-state index is 12.1. The summed E-state index contributed by atoms with van der Waals surface area (Å²) in [5.74, 6) is 6.45. The van der Waals surface area contributed by atoms with Gasteiger partial charge in [-0.2, -0.15) is 8.78 Å². The third kappa shape index (κ3) is 5.83. The maximum Gasteiger partial charge on any atom is 0.387 e. The number of nitrogens with one attached hydrogen (secondary N) is 1. The van der Waals surface area contributed by atoms with Crippen LogP contribution < -0.4 is 15.9 Å². The highest BCUT2D eigenvalue weighted by Gasteiger charge is 2.15. The molecule has 3 aromatic rings. The number of hydrogen-bond acceptors (Lipinski definition) is 6. The first-order valence-electron chi connectivity index (χ1n) is 8.82. The second-order valence-corrected chi connectivity index (χ2v) is 7.42. The van der Waals surface area contributed by atoms with E-state index in [0.717, 1.165) is 17.3 Å². The molecular formula is C19H18ClF2N5O2S. The van der Waals surface area contributed by atoms with Gasteiger partial charge >= 0.3 is 6.61 Å². The summed E-state index contributed by atoms with van der Waals surface area (Å²) in [6.45, 7) is -2.46. The minimum Gasteiger partial charge on any atom is -0.435 e. The van der Waals surface area contributed by atoms with Gasteiger partial charge in [0.25, 0.3) is 0 Å². The van der Waals surface area contributed by atoms with Crippen LogP contribution in [-0.4, -0.2) is 39.7 Å². The van der Waals surface area contributed by atoms with Gasteiger partial charge in [0.05, 0.1) is 10.8 Å². The fourth-order valence-electron chi connectivity index (χ4n) is 2.57. The average Bonchev–Trinajstić information content (AvgIpc) is 3.08. The highest BCUT2D eigenvalue weighted by molar-refractivity contribution is 7.99. The highest BCUT2D eigenvalue weighted by atomic mass is 35.5. The number of hydrogen-bond donors (Lipinski definition) is 2. The van der Waals surface area contributed by atoms with Gasteiger partial charge in [-0.25, -0.2) is 4.68 Å². The molecule has 1 aromatic heterocycles. The lowest BCUT2D eigenvalue weighted by Gasteiger charge is -2.07. The Morgan fingerprint density at radius 3 is 2.63 bits per heavy atom. The third-order valence-electron chi connectivity index (χ3n) is 4.00. The number of nitrogen functional groups attached to an aromatic ring is 1. The Morgan fingerprint density at radius 2 is 1.93 bits per heavy atom. The number of alkyl halides is 2. The molecule has 7 nitrogen and oxygen atoms in total. The molecule has 158 valence electrons. The van der Waals surface area contributed by atoms with Crippen molar-refractivity contribution in [2.75, 3.05) is 18.1 Å². The van der Waals surface area contributed by atoms with Crippen molar-refractivity contribution in [3.63, 3.8) is 0 Å². The van der Waals surface area contributed by atoms with Crippen LogP contribution in [0.1, 0.15) is 5.56 Å². The topological polar surface area (TPSA) is 95.1 Å². The number of halogens is 3. The van der Waals surface area contributed by atoms with Crippen molar-refractivity contribution in [3.05, 3.63) is 59.1 Å². The number of carbonyl (C=O) groups excluding carboxylic acids is 1. The second kappa shape index (κ2) is 10.3. The summed E-state index contributed by atoms with van der Waals surface area (Å²) in [5.41, 5.74) is 1.53. The largest absolute Gasteiger partial charge is 0.435 e. The van der Waals surface area contributed by atoms with Crippen molar-refractivity contribution < 1.29 is 18.3 Å². The molecule has 2 aromatic carbocycles. The Balaban J connectivity index is 1.46. The molecule has 0 saturated heterocycles. The number of thioether (sulfide) groups is 1. The van der Waals surface area contributed by atoms with E-state index in [1.165, 1.54) is 16.8 Å². The van der Waals surface area contributed by atoms with Gasteiger partial charge in [0.1, 0.15) is 5.75 Å². The van der Waals surface area contributed by atoms with Gasteiger partial charge in [-0.3, -0.25) is 4.79 Å². The lowest BCUT2D eigenvalue weighted by molar-refractivity contribution is -0.118. The number of rotatable bonds is 9. The molecule has 0 saturated carbocycles. The molecule has 0 fully saturated rings. The monoisotopic (exact) mass is 453 g/mol. The molecule has 1 heterocycles. The van der Waals surface area contributed by atoms with Crippen LogP contribution in [0.2, 0.25) is 5.02 Å². The van der Waals surface area contributed by atoms with Gasteiger partial charge in [0.2, 0.25) is 11.1 Å². The van der Waals surface area contributed by atoms with E-state index in [2.05, 4.69) is 20.3 Å². The molecule has 0 unspecified atom stereocenters. The van der Waals surface area contributed by atoms with Gasteiger partial charge in [0, 0.05) is 12.1 Å². The molecule has 11 heteroatoms. The molecule has 0 atom stereocenters. The van der Waals surface area contributed by atoms with Gasteiger partial charge in [0.15, 0.2) is 5.82 Å². The number of carbonyl (C=O) groups is 1. The molecule has 3 N–H and O–H groups in total. The van der Waals surface area contributed by atoms with Gasteiger partial charge in [-0.15, -0.1) is 10.2 Å². The molecule has 0 aliphatic rings. The summed E-state index contributed by atoms with van der Waals surface area (Å²) in [5, 5.41) is 11.7. The third-order valence-corrected chi connectivity index (χ3v) is 5.27. The normalized spacial score (nSPS) is 10.9. The summed E-state index contributed by atoms with van der Waals surface area (Å²) in [6, 6.07) is 13.4. The molecule has 1 amide bonds. The predicted molar refractivity (Wildman–Crippen MR) is 111 cm³/mol. The molecular weight excluding hydrogens is 436 g/mol. The first kappa shape index (κ1) is 21.8. The summed E-state index contributed by atoms with van der Waals surface area (Å²) in [6.07, 6.45) is 0.551. The standard InChI is InChI=1S/C19H18ClF2N5O2S/c20-15-4-2-1-3-14(15)17-25-26-19(27(17)23)30-11-16(28)24-10-9-12-5-7-13(8-6-12)29-18(21)22/h1-8,18H,9-11,23H2,(H,24,28). The van der Waals surface area contributed by atoms with E-state index in [0.29, 0.717) is 34.5 Å². The van der Waals surface area contributed by atoms with Crippen LogP contribution in [0.15, 0.2) is 53.7 Å². The van der Waals surface area contributed by atoms with Crippen molar-refractivity contribution in [2.24, 2.45) is 0 Å². The highest BCUT2D eigenvalue weighted by Crippen LogP contribution is 2.27. The van der Waals surface area contributed by atoms with Crippen LogP contribution in [0, 0.1) is 0 Å². The minimum atomic E-state index is -2.85. The van der Waals surface area contributed by atoms with Gasteiger partial charge in [-0.1, -0.05) is 47.6 Å². The predicted octanol–water partition coefficient (Wildman–Crippen LogP) is 3.36. The van der Waals surface area contributed by atoms with Crippen molar-refractivity contribution in [1.29, 1.82) is 0 Å². The molecule has 0 radical (unpaired) electrons.